The predicted octanol–water partition coefficient (Wildman–Crippen LogP) is 2.47. The number of carbonyl (C=O) groups is 1. The molecule has 0 radical (unpaired) electrons. The average Bonchev–Trinajstić information content (AvgIpc) is 2.44. The molecule has 1 atom stereocenters. The molecular weight excluding hydrogens is 312 g/mol. The summed E-state index contributed by atoms with van der Waals surface area (Å²) in [6.45, 7) is 10.1. The number of ether oxygens (including phenoxy) is 1. The summed E-state index contributed by atoms with van der Waals surface area (Å²) in [4.78, 5) is 23.0. The maximum Gasteiger partial charge on any atom is 0.407 e. The van der Waals surface area contributed by atoms with E-state index in [0.717, 1.165) is 36.9 Å². The zero-order chi connectivity index (χ0) is 17.0. The van der Waals surface area contributed by atoms with Crippen molar-refractivity contribution in [1.29, 1.82) is 0 Å². The third-order valence-electron chi connectivity index (χ3n) is 3.47. The van der Waals surface area contributed by atoms with Crippen molar-refractivity contribution in [2.24, 2.45) is 0 Å². The van der Waals surface area contributed by atoms with Gasteiger partial charge in [-0.25, -0.2) is 14.8 Å². The fourth-order valence-corrected chi connectivity index (χ4v) is 2.91. The zero-order valence-electron chi connectivity index (χ0n) is 14.5. The Morgan fingerprint density at radius 2 is 2.26 bits per heavy atom. The molecule has 128 valence electrons. The molecule has 0 bridgehead atoms. The van der Waals surface area contributed by atoms with E-state index in [1.54, 1.807) is 11.8 Å². The van der Waals surface area contributed by atoms with Crippen molar-refractivity contribution in [2.75, 3.05) is 19.3 Å². The first-order valence-corrected chi connectivity index (χ1v) is 9.10. The molecule has 0 fully saturated rings. The van der Waals surface area contributed by atoms with E-state index in [2.05, 4.69) is 20.2 Å². The molecule has 0 spiro atoms. The Morgan fingerprint density at radius 3 is 2.91 bits per heavy atom. The minimum Gasteiger partial charge on any atom is -0.444 e. The van der Waals surface area contributed by atoms with Gasteiger partial charge in [0.05, 0.1) is 5.69 Å². The van der Waals surface area contributed by atoms with E-state index in [1.165, 1.54) is 5.56 Å². The van der Waals surface area contributed by atoms with Crippen molar-refractivity contribution < 1.29 is 9.53 Å². The van der Waals surface area contributed by atoms with Crippen LogP contribution in [0.3, 0.4) is 0 Å². The molecule has 2 heterocycles. The highest BCUT2D eigenvalue weighted by Crippen LogP contribution is 2.19. The van der Waals surface area contributed by atoms with Crippen molar-refractivity contribution in [3.05, 3.63) is 17.5 Å². The summed E-state index contributed by atoms with van der Waals surface area (Å²) in [5.74, 6) is 0. The van der Waals surface area contributed by atoms with Gasteiger partial charge >= 0.3 is 6.09 Å². The van der Waals surface area contributed by atoms with Crippen molar-refractivity contribution in [3.63, 3.8) is 0 Å². The van der Waals surface area contributed by atoms with Gasteiger partial charge in [-0.3, -0.25) is 4.90 Å². The van der Waals surface area contributed by atoms with Crippen LogP contribution in [0.5, 0.6) is 0 Å². The Kier molecular flexibility index (Phi) is 5.86. The zero-order valence-corrected chi connectivity index (χ0v) is 15.4. The van der Waals surface area contributed by atoms with E-state index in [0.29, 0.717) is 0 Å². The van der Waals surface area contributed by atoms with Crippen molar-refractivity contribution in [3.8, 4) is 0 Å². The molecule has 0 saturated carbocycles. The topological polar surface area (TPSA) is 67.4 Å². The summed E-state index contributed by atoms with van der Waals surface area (Å²) in [5.41, 5.74) is 1.85. The van der Waals surface area contributed by atoms with Crippen LogP contribution < -0.4 is 5.32 Å². The number of thioether (sulfide) groups is 1. The molecular formula is C16H26N4O2S. The van der Waals surface area contributed by atoms with Gasteiger partial charge in [0.1, 0.15) is 5.60 Å². The van der Waals surface area contributed by atoms with Gasteiger partial charge < -0.3 is 10.1 Å². The normalized spacial score (nSPS) is 16.6. The van der Waals surface area contributed by atoms with Crippen molar-refractivity contribution in [2.45, 2.75) is 57.5 Å². The van der Waals surface area contributed by atoms with Crippen molar-refractivity contribution in [1.82, 2.24) is 20.2 Å². The molecule has 2 rings (SSSR count). The summed E-state index contributed by atoms with van der Waals surface area (Å²) in [6.07, 6.45) is 4.47. The van der Waals surface area contributed by atoms with Gasteiger partial charge in [0, 0.05) is 43.9 Å². The van der Waals surface area contributed by atoms with Crippen LogP contribution in [0.15, 0.2) is 11.4 Å². The van der Waals surface area contributed by atoms with Crippen LogP contribution in [0.1, 0.15) is 39.0 Å². The lowest BCUT2D eigenvalue weighted by Crippen LogP contribution is -2.45. The van der Waals surface area contributed by atoms with E-state index in [-0.39, 0.29) is 12.1 Å². The molecule has 6 nitrogen and oxygen atoms in total. The van der Waals surface area contributed by atoms with E-state index >= 15 is 0 Å². The summed E-state index contributed by atoms with van der Waals surface area (Å²) < 4.78 is 5.29. The molecule has 1 aromatic heterocycles. The molecule has 1 amide bonds. The Bertz CT molecular complexity index is 560. The van der Waals surface area contributed by atoms with E-state index in [9.17, 15) is 4.79 Å². The number of aromatic nitrogens is 2. The van der Waals surface area contributed by atoms with Crippen LogP contribution in [0.4, 0.5) is 4.79 Å². The lowest BCUT2D eigenvalue weighted by atomic mass is 10.1. The molecule has 0 saturated heterocycles. The molecule has 0 aromatic carbocycles. The molecule has 0 aliphatic carbocycles. The smallest absolute Gasteiger partial charge is 0.407 e. The summed E-state index contributed by atoms with van der Waals surface area (Å²) in [6, 6.07) is 0.0257. The lowest BCUT2D eigenvalue weighted by molar-refractivity contribution is 0.0495. The number of carbonyl (C=O) groups excluding carboxylic acids is 1. The number of amides is 1. The first-order chi connectivity index (χ1) is 10.8. The summed E-state index contributed by atoms with van der Waals surface area (Å²) in [5, 5.41) is 3.72. The summed E-state index contributed by atoms with van der Waals surface area (Å²) in [7, 11) is 0. The van der Waals surface area contributed by atoms with Crippen molar-refractivity contribution >= 4 is 17.9 Å². The standard InChI is InChI=1S/C16H26N4O2S/c1-11(18-15(21)22-16(2,3)4)9-20-7-6-13-12(10-20)8-17-14(19-13)23-5/h8,11H,6-7,9-10H2,1-5H3,(H,18,21). The fourth-order valence-electron chi connectivity index (χ4n) is 2.55. The maximum absolute atomic E-state index is 11.8. The Labute approximate surface area is 142 Å². The lowest BCUT2D eigenvalue weighted by Gasteiger charge is -2.30. The van der Waals surface area contributed by atoms with Gasteiger partial charge in [-0.2, -0.15) is 0 Å². The minimum absolute atomic E-state index is 0.0257. The first kappa shape index (κ1) is 18.0. The number of nitrogens with zero attached hydrogens (tertiary/aromatic N) is 3. The number of rotatable bonds is 4. The first-order valence-electron chi connectivity index (χ1n) is 7.87. The molecule has 1 aromatic rings. The Balaban J connectivity index is 1.86. The van der Waals surface area contributed by atoms with E-state index < -0.39 is 5.60 Å². The predicted molar refractivity (Wildman–Crippen MR) is 91.6 cm³/mol. The van der Waals surface area contributed by atoms with Crippen LogP contribution >= 0.6 is 11.8 Å². The molecule has 23 heavy (non-hydrogen) atoms. The summed E-state index contributed by atoms with van der Waals surface area (Å²) >= 11 is 1.57. The maximum atomic E-state index is 11.8. The van der Waals surface area contributed by atoms with Gasteiger partial charge in [0.15, 0.2) is 5.16 Å². The third-order valence-corrected chi connectivity index (χ3v) is 4.03. The van der Waals surface area contributed by atoms with Crippen LogP contribution in [0.25, 0.3) is 0 Å². The molecule has 1 unspecified atom stereocenters. The number of hydrogen-bond donors (Lipinski definition) is 1. The van der Waals surface area contributed by atoms with E-state index in [4.69, 9.17) is 4.74 Å². The Hall–Kier alpha value is -1.34. The number of alkyl carbamates (subject to hydrolysis) is 1. The monoisotopic (exact) mass is 338 g/mol. The fraction of sp³-hybridized carbons (Fsp3) is 0.688. The third kappa shape index (κ3) is 5.66. The molecule has 1 aliphatic heterocycles. The quantitative estimate of drug-likeness (QED) is 0.672. The highest BCUT2D eigenvalue weighted by molar-refractivity contribution is 7.98. The Morgan fingerprint density at radius 1 is 1.52 bits per heavy atom. The average molecular weight is 338 g/mol. The van der Waals surface area contributed by atoms with Crippen LogP contribution in [-0.4, -0.2) is 51.9 Å². The highest BCUT2D eigenvalue weighted by Gasteiger charge is 2.22. The second kappa shape index (κ2) is 7.49. The minimum atomic E-state index is -0.472. The van der Waals surface area contributed by atoms with Gasteiger partial charge in [-0.15, -0.1) is 0 Å². The van der Waals surface area contributed by atoms with Crippen LogP contribution in [0, 0.1) is 0 Å². The molecule has 1 N–H and O–H groups in total. The van der Waals surface area contributed by atoms with Crippen LogP contribution in [-0.2, 0) is 17.7 Å². The number of fused-ring (bicyclic) bond motifs is 1. The molecule has 1 aliphatic rings. The second-order valence-corrected chi connectivity index (χ2v) is 7.63. The van der Waals surface area contributed by atoms with E-state index in [1.807, 2.05) is 40.1 Å². The highest BCUT2D eigenvalue weighted by atomic mass is 32.2. The molecule has 7 heteroatoms. The SMILES string of the molecule is CSc1ncc2c(n1)CCN(CC(C)NC(=O)OC(C)(C)C)C2. The van der Waals surface area contributed by atoms with Gasteiger partial charge in [-0.1, -0.05) is 11.8 Å². The number of hydrogen-bond acceptors (Lipinski definition) is 6. The van der Waals surface area contributed by atoms with Crippen LogP contribution in [0.2, 0.25) is 0 Å². The second-order valence-electron chi connectivity index (χ2n) is 6.86. The number of nitrogens with one attached hydrogen (secondary N) is 1. The van der Waals surface area contributed by atoms with Gasteiger partial charge in [0.25, 0.3) is 0 Å². The van der Waals surface area contributed by atoms with Gasteiger partial charge in [-0.05, 0) is 34.0 Å². The largest absolute Gasteiger partial charge is 0.444 e. The van der Waals surface area contributed by atoms with Gasteiger partial charge in [0.2, 0.25) is 0 Å².